The highest BCUT2D eigenvalue weighted by Crippen LogP contribution is 2.23. The molecule has 1 aromatic carbocycles. The molecule has 25 heavy (non-hydrogen) atoms. The van der Waals surface area contributed by atoms with Crippen molar-refractivity contribution in [3.63, 3.8) is 0 Å². The zero-order valence-electron chi connectivity index (χ0n) is 13.9. The predicted octanol–water partition coefficient (Wildman–Crippen LogP) is -0.541. The lowest BCUT2D eigenvalue weighted by Crippen LogP contribution is -2.42. The molecule has 1 aromatic rings. The molecule has 1 fully saturated rings. The number of carbonyl (C=O) groups excluding carboxylic acids is 3. The zero-order chi connectivity index (χ0) is 18.2. The number of likely N-dealkylation sites (tertiary alicyclic amines) is 1. The third kappa shape index (κ3) is 6.42. The number of hydrogen-bond acceptors (Lipinski definition) is 6. The number of carboxylic acids is 2. The van der Waals surface area contributed by atoms with E-state index in [1.807, 2.05) is 18.2 Å². The summed E-state index contributed by atoms with van der Waals surface area (Å²) in [7, 11) is 0. The van der Waals surface area contributed by atoms with Crippen LogP contribution < -0.4 is 10.2 Å². The monoisotopic (exact) mass is 363 g/mol. The van der Waals surface area contributed by atoms with E-state index in [0.717, 1.165) is 31.0 Å². The number of aliphatic carboxylic acids is 2. The molecule has 1 aliphatic rings. The second-order valence-corrected chi connectivity index (χ2v) is 7.40. The van der Waals surface area contributed by atoms with Crippen molar-refractivity contribution < 1.29 is 24.6 Å². The van der Waals surface area contributed by atoms with Gasteiger partial charge in [0.15, 0.2) is 0 Å². The lowest BCUT2D eigenvalue weighted by Gasteiger charge is -2.32. The Morgan fingerprint density at radius 2 is 1.76 bits per heavy atom. The van der Waals surface area contributed by atoms with Crippen molar-refractivity contribution >= 4 is 29.6 Å². The number of amides is 1. The van der Waals surface area contributed by atoms with Crippen LogP contribution in [0.15, 0.2) is 30.3 Å². The van der Waals surface area contributed by atoms with Gasteiger partial charge in [0.05, 0.1) is 17.0 Å². The van der Waals surface area contributed by atoms with Gasteiger partial charge >= 0.3 is 0 Å². The lowest BCUT2D eigenvalue weighted by molar-refractivity contribution is -0.314. The molecule has 0 aliphatic carbocycles. The van der Waals surface area contributed by atoms with Gasteiger partial charge in [-0.05, 0) is 30.7 Å². The van der Waals surface area contributed by atoms with Crippen molar-refractivity contribution in [3.8, 4) is 0 Å². The Morgan fingerprint density at radius 3 is 2.32 bits per heavy atom. The molecular weight excluding hydrogens is 342 g/mol. The maximum atomic E-state index is 12.2. The first-order chi connectivity index (χ1) is 12.0. The van der Waals surface area contributed by atoms with Crippen molar-refractivity contribution in [2.24, 2.45) is 5.92 Å². The largest absolute Gasteiger partial charge is 0.550 e. The zero-order valence-corrected chi connectivity index (χ0v) is 14.7. The van der Waals surface area contributed by atoms with Crippen LogP contribution in [0.25, 0.3) is 0 Å². The summed E-state index contributed by atoms with van der Waals surface area (Å²) in [5, 5.41) is 20.2. The van der Waals surface area contributed by atoms with E-state index in [1.54, 1.807) is 4.90 Å². The van der Waals surface area contributed by atoms with Crippen molar-refractivity contribution in [1.82, 2.24) is 4.90 Å². The summed E-state index contributed by atoms with van der Waals surface area (Å²) in [6.07, 6.45) is 2.16. The minimum atomic E-state index is -1.48. The van der Waals surface area contributed by atoms with E-state index < -0.39 is 23.6 Å². The van der Waals surface area contributed by atoms with Crippen LogP contribution in [0.2, 0.25) is 0 Å². The average Bonchev–Trinajstić information content (AvgIpc) is 2.59. The van der Waals surface area contributed by atoms with E-state index >= 15 is 0 Å². The number of thioether (sulfide) groups is 1. The Morgan fingerprint density at radius 1 is 1.12 bits per heavy atom. The highest BCUT2D eigenvalue weighted by atomic mass is 32.2. The minimum absolute atomic E-state index is 0.0602. The second kappa shape index (κ2) is 9.46. The molecule has 1 atom stereocenters. The summed E-state index contributed by atoms with van der Waals surface area (Å²) in [6, 6.07) is 10.2. The number of rotatable bonds is 8. The van der Waals surface area contributed by atoms with Crippen LogP contribution in [-0.2, 0) is 20.8 Å². The third-order valence-corrected chi connectivity index (χ3v) is 5.53. The minimum Gasteiger partial charge on any atom is -0.550 e. The van der Waals surface area contributed by atoms with Crippen molar-refractivity contribution in [2.45, 2.75) is 30.9 Å². The standard InChI is InChI=1S/C18H23NO5S/c20-16(12-25-15(18(23)24)11-17(21)22)19-8-6-14(7-9-19)10-13-4-2-1-3-5-13/h1-5,14-15H,6-12H2,(H,21,22)(H,23,24)/p-2/t15-/m1/s1. The van der Waals surface area contributed by atoms with E-state index in [0.29, 0.717) is 19.0 Å². The van der Waals surface area contributed by atoms with E-state index in [9.17, 15) is 24.6 Å². The highest BCUT2D eigenvalue weighted by Gasteiger charge is 2.24. The number of piperidine rings is 1. The first kappa shape index (κ1) is 19.3. The summed E-state index contributed by atoms with van der Waals surface area (Å²) in [4.78, 5) is 35.4. The topological polar surface area (TPSA) is 101 Å². The van der Waals surface area contributed by atoms with Gasteiger partial charge in [-0.25, -0.2) is 0 Å². The molecule has 136 valence electrons. The Labute approximate surface area is 151 Å². The molecule has 6 nitrogen and oxygen atoms in total. The quantitative estimate of drug-likeness (QED) is 0.615. The average molecular weight is 363 g/mol. The molecule has 0 unspecified atom stereocenters. The molecule has 0 N–H and O–H groups in total. The summed E-state index contributed by atoms with van der Waals surface area (Å²) in [6.45, 7) is 1.29. The van der Waals surface area contributed by atoms with Crippen molar-refractivity contribution in [1.29, 1.82) is 0 Å². The molecule has 7 heteroatoms. The Balaban J connectivity index is 1.75. The third-order valence-electron chi connectivity index (χ3n) is 4.36. The fourth-order valence-corrected chi connectivity index (χ4v) is 3.88. The molecule has 1 aliphatic heterocycles. The van der Waals surface area contributed by atoms with Gasteiger partial charge < -0.3 is 24.7 Å². The maximum Gasteiger partial charge on any atom is 0.232 e. The lowest BCUT2D eigenvalue weighted by atomic mass is 9.90. The fourth-order valence-electron chi connectivity index (χ4n) is 2.96. The van der Waals surface area contributed by atoms with Gasteiger partial charge in [0.2, 0.25) is 5.91 Å². The normalized spacial score (nSPS) is 16.4. The van der Waals surface area contributed by atoms with E-state index in [1.165, 1.54) is 5.56 Å². The van der Waals surface area contributed by atoms with Gasteiger partial charge in [-0.1, -0.05) is 30.3 Å². The summed E-state index contributed by atoms with van der Waals surface area (Å²) < 4.78 is 0. The van der Waals surface area contributed by atoms with Crippen LogP contribution in [0, 0.1) is 5.92 Å². The number of carbonyl (C=O) groups is 3. The number of carboxylic acid groups (broad SMARTS) is 2. The van der Waals surface area contributed by atoms with Crippen molar-refractivity contribution in [2.75, 3.05) is 18.8 Å². The van der Waals surface area contributed by atoms with Gasteiger partial charge in [-0.15, -0.1) is 11.8 Å². The molecule has 0 saturated carbocycles. The SMILES string of the molecule is O=C([O-])C[C@@H](SCC(=O)N1CCC(Cc2ccccc2)CC1)C(=O)[O-]. The second-order valence-electron chi connectivity index (χ2n) is 6.21. The van der Waals surface area contributed by atoms with E-state index in [4.69, 9.17) is 0 Å². The summed E-state index contributed by atoms with van der Waals surface area (Å²) >= 11 is 0.789. The van der Waals surface area contributed by atoms with Gasteiger partial charge in [0.25, 0.3) is 0 Å². The Hall–Kier alpha value is -2.02. The first-order valence-corrected chi connectivity index (χ1v) is 9.34. The van der Waals surface area contributed by atoms with Crippen LogP contribution >= 0.6 is 11.8 Å². The summed E-state index contributed by atoms with van der Waals surface area (Å²) in [5.74, 6) is -2.63. The molecule has 0 bridgehead atoms. The van der Waals surface area contributed by atoms with Crippen LogP contribution in [0.3, 0.4) is 0 Å². The van der Waals surface area contributed by atoms with Gasteiger partial charge in [-0.3, -0.25) is 4.79 Å². The van der Waals surface area contributed by atoms with Crippen LogP contribution in [-0.4, -0.2) is 46.8 Å². The first-order valence-electron chi connectivity index (χ1n) is 8.29. The van der Waals surface area contributed by atoms with E-state index in [2.05, 4.69) is 12.1 Å². The van der Waals surface area contributed by atoms with E-state index in [-0.39, 0.29) is 11.7 Å². The molecule has 1 amide bonds. The smallest absolute Gasteiger partial charge is 0.232 e. The van der Waals surface area contributed by atoms with Gasteiger partial charge in [-0.2, -0.15) is 0 Å². The number of hydrogen-bond donors (Lipinski definition) is 0. The molecule has 2 rings (SSSR count). The molecule has 0 spiro atoms. The van der Waals surface area contributed by atoms with Crippen LogP contribution in [0.4, 0.5) is 0 Å². The molecule has 0 aromatic heterocycles. The maximum absolute atomic E-state index is 12.2. The Kier molecular flexibility index (Phi) is 7.31. The van der Waals surface area contributed by atoms with Gasteiger partial charge in [0, 0.05) is 25.5 Å². The fraction of sp³-hybridized carbons (Fsp3) is 0.500. The predicted molar refractivity (Wildman–Crippen MR) is 90.3 cm³/mol. The summed E-state index contributed by atoms with van der Waals surface area (Å²) in [5.41, 5.74) is 1.29. The van der Waals surface area contributed by atoms with Gasteiger partial charge in [0.1, 0.15) is 0 Å². The molecule has 1 heterocycles. The number of nitrogens with zero attached hydrogens (tertiary/aromatic N) is 1. The van der Waals surface area contributed by atoms with Crippen LogP contribution in [0.5, 0.6) is 0 Å². The Bertz CT molecular complexity index is 599. The van der Waals surface area contributed by atoms with Crippen molar-refractivity contribution in [3.05, 3.63) is 35.9 Å². The molecule has 0 radical (unpaired) electrons. The highest BCUT2D eigenvalue weighted by molar-refractivity contribution is 8.01. The molecular formula is C18H21NO5S-2. The van der Waals surface area contributed by atoms with Crippen LogP contribution in [0.1, 0.15) is 24.8 Å². The number of benzene rings is 1. The molecule has 1 saturated heterocycles.